The molecule has 0 amide bonds. The van der Waals surface area contributed by atoms with Crippen LogP contribution in [-0.4, -0.2) is 27.4 Å². The Bertz CT molecular complexity index is 10000. The van der Waals surface area contributed by atoms with Crippen LogP contribution >= 0.6 is 11.3 Å². The molecule has 0 aliphatic carbocycles. The fraction of sp³-hybridized carbons (Fsp3) is 0. The number of hydrogen-bond acceptors (Lipinski definition) is 1. The van der Waals surface area contributed by atoms with Gasteiger partial charge >= 0.3 is 0 Å². The highest BCUT2D eigenvalue weighted by Gasteiger charge is 2.24. The van der Waals surface area contributed by atoms with Crippen molar-refractivity contribution < 1.29 is 0 Å². The van der Waals surface area contributed by atoms with E-state index in [0.29, 0.717) is 0 Å². The third-order valence-corrected chi connectivity index (χ3v) is 30.1. The molecule has 0 saturated heterocycles. The van der Waals surface area contributed by atoms with Crippen molar-refractivity contribution in [2.45, 2.75) is 0 Å². The Labute approximate surface area is 804 Å². The molecule has 7 aromatic heterocycles. The Balaban J connectivity index is 0.000000104. The lowest BCUT2D eigenvalue weighted by Gasteiger charge is -2.14. The monoisotopic (exact) mass is 1780 g/mol. The molecule has 0 atom stereocenters. The summed E-state index contributed by atoms with van der Waals surface area (Å²) in [5.74, 6) is 0. The van der Waals surface area contributed by atoms with Crippen molar-refractivity contribution in [1.29, 1.82) is 0 Å². The average molecular weight is 1790 g/mol. The summed E-state index contributed by atoms with van der Waals surface area (Å²) in [6.07, 6.45) is 0. The zero-order valence-electron chi connectivity index (χ0n) is 75.6. The molecular weight excluding hydrogens is 1700 g/mol. The second-order valence-corrected chi connectivity index (χ2v) is 37.6. The second-order valence-electron chi connectivity index (χ2n) is 36.5. The summed E-state index contributed by atoms with van der Waals surface area (Å²) in [7, 11) is 0. The number of aromatic nitrogens is 6. The van der Waals surface area contributed by atoms with E-state index in [9.17, 15) is 0 Å². The normalized spacial score (nSPS) is 11.9. The first-order valence-corrected chi connectivity index (χ1v) is 48.6. The van der Waals surface area contributed by atoms with E-state index in [-0.39, 0.29) is 0 Å². The van der Waals surface area contributed by atoms with Gasteiger partial charge in [-0.25, -0.2) is 0 Å². The van der Waals surface area contributed by atoms with Crippen LogP contribution in [0.3, 0.4) is 0 Å². The molecule has 0 saturated carbocycles. The van der Waals surface area contributed by atoms with E-state index in [1.54, 1.807) is 0 Å². The smallest absolute Gasteiger partial charge is 0.0541 e. The van der Waals surface area contributed by atoms with E-state index in [4.69, 9.17) is 0 Å². The molecular formula is C132H84N6S. The molecule has 0 aliphatic heterocycles. The maximum absolute atomic E-state index is 2.44. The first kappa shape index (κ1) is 79.4. The minimum atomic E-state index is 1.16. The quantitative estimate of drug-likeness (QED) is 0.122. The summed E-state index contributed by atoms with van der Waals surface area (Å²) >= 11 is 1.86. The number of para-hydroxylation sites is 9. The Kier molecular flexibility index (Phi) is 18.5. The molecule has 0 unspecified atom stereocenters. The largest absolute Gasteiger partial charge is 0.309 e. The molecule has 0 N–H and O–H groups in total. The van der Waals surface area contributed by atoms with Crippen LogP contribution in [0.4, 0.5) is 0 Å². The van der Waals surface area contributed by atoms with Crippen molar-refractivity contribution in [3.05, 3.63) is 510 Å². The molecule has 0 radical (unpaired) electrons. The maximum atomic E-state index is 2.44. The highest BCUT2D eigenvalue weighted by molar-refractivity contribution is 7.25. The summed E-state index contributed by atoms with van der Waals surface area (Å²) < 4.78 is 17.0. The molecule has 6 nitrogen and oxygen atoms in total. The van der Waals surface area contributed by atoms with Gasteiger partial charge in [0.1, 0.15) is 0 Å². The molecule has 139 heavy (non-hydrogen) atoms. The summed E-state index contributed by atoms with van der Waals surface area (Å²) in [6.45, 7) is 0. The van der Waals surface area contributed by atoms with Gasteiger partial charge in [-0.1, -0.05) is 315 Å². The predicted octanol–water partition coefficient (Wildman–Crippen LogP) is 36.1. The van der Waals surface area contributed by atoms with Gasteiger partial charge in [-0.05, 0) is 271 Å². The molecule has 30 aromatic rings. The van der Waals surface area contributed by atoms with Gasteiger partial charge in [0.2, 0.25) is 0 Å². The minimum Gasteiger partial charge on any atom is -0.309 e. The van der Waals surface area contributed by atoms with Crippen LogP contribution in [0.2, 0.25) is 0 Å². The Hall–Kier alpha value is -18.1. The average Bonchev–Trinajstić information content (AvgIpc) is 0.788. The van der Waals surface area contributed by atoms with E-state index in [1.165, 1.54) is 256 Å². The van der Waals surface area contributed by atoms with Crippen LogP contribution < -0.4 is 0 Å². The zero-order chi connectivity index (χ0) is 91.3. The van der Waals surface area contributed by atoms with E-state index < -0.39 is 0 Å². The van der Waals surface area contributed by atoms with Gasteiger partial charge < -0.3 is 27.4 Å². The van der Waals surface area contributed by atoms with Gasteiger partial charge in [0.05, 0.1) is 66.2 Å². The fourth-order valence-corrected chi connectivity index (χ4v) is 23.7. The summed E-state index contributed by atoms with van der Waals surface area (Å²) in [6, 6.07) is 186. The third-order valence-electron chi connectivity index (χ3n) is 28.9. The SMILES string of the molecule is c1ccc(-c2ccc(-n3c4ccccc4c4cc(-c5ccc6c(c5)c5ccccc5n6-c5ccc6sc7ccccc7c6c5)ccc43)cc2)cc1.c1ccc(-n2c3ccccc3c3cc(-c4ccc5c(c4)c4ccccc4n5-c4ccc5c6ccccc6c6ccccc6c5c4)ccc32)cc1.c1ccc(-n2c3ccccc3c3cc(-c4ccc5c(c4)c4ccccc4n5-c4ccccc4)ccc32)cc1. The van der Waals surface area contributed by atoms with Crippen molar-refractivity contribution in [1.82, 2.24) is 27.4 Å². The Morgan fingerprint density at radius 2 is 0.302 bits per heavy atom. The first-order valence-electron chi connectivity index (χ1n) is 47.7. The van der Waals surface area contributed by atoms with Gasteiger partial charge in [0.15, 0.2) is 0 Å². The number of benzene rings is 23. The molecule has 7 heteroatoms. The van der Waals surface area contributed by atoms with Crippen LogP contribution in [0.25, 0.3) is 262 Å². The van der Waals surface area contributed by atoms with Crippen LogP contribution in [0.5, 0.6) is 0 Å². The molecule has 0 spiro atoms. The zero-order valence-corrected chi connectivity index (χ0v) is 76.4. The van der Waals surface area contributed by atoms with Crippen molar-refractivity contribution in [3.8, 4) is 78.6 Å². The molecule has 0 aliphatic rings. The van der Waals surface area contributed by atoms with Crippen LogP contribution in [0, 0.1) is 0 Å². The predicted molar refractivity (Wildman–Crippen MR) is 593 cm³/mol. The number of fused-ring (bicyclic) bond motifs is 27. The highest BCUT2D eigenvalue weighted by atomic mass is 32.1. The van der Waals surface area contributed by atoms with Gasteiger partial charge in [-0.3, -0.25) is 0 Å². The highest BCUT2D eigenvalue weighted by Crippen LogP contribution is 2.47. The lowest BCUT2D eigenvalue weighted by atomic mass is 9.94. The Morgan fingerprint density at radius 3 is 0.626 bits per heavy atom. The number of rotatable bonds is 10. The summed E-state index contributed by atoms with van der Waals surface area (Å²) in [5.41, 5.74) is 31.5. The van der Waals surface area contributed by atoms with Crippen molar-refractivity contribution in [2.75, 3.05) is 0 Å². The van der Waals surface area contributed by atoms with Crippen molar-refractivity contribution in [2.24, 2.45) is 0 Å². The van der Waals surface area contributed by atoms with Gasteiger partial charge in [-0.2, -0.15) is 0 Å². The van der Waals surface area contributed by atoms with Gasteiger partial charge in [0.25, 0.3) is 0 Å². The maximum Gasteiger partial charge on any atom is 0.0541 e. The van der Waals surface area contributed by atoms with E-state index in [0.717, 1.165) is 5.69 Å². The first-order chi connectivity index (χ1) is 69.0. The van der Waals surface area contributed by atoms with Crippen LogP contribution in [0.1, 0.15) is 0 Å². The Morgan fingerprint density at radius 1 is 0.101 bits per heavy atom. The van der Waals surface area contributed by atoms with E-state index in [1.807, 2.05) is 11.3 Å². The molecule has 23 aromatic carbocycles. The third kappa shape index (κ3) is 12.9. The van der Waals surface area contributed by atoms with E-state index in [2.05, 4.69) is 537 Å². The van der Waals surface area contributed by atoms with Gasteiger partial charge in [-0.15, -0.1) is 11.3 Å². The minimum absolute atomic E-state index is 1.16. The number of hydrogen-bond donors (Lipinski definition) is 0. The molecule has 0 fully saturated rings. The molecule has 0 bridgehead atoms. The molecule has 7 heterocycles. The molecule has 30 rings (SSSR count). The number of nitrogens with zero attached hydrogens (tertiary/aromatic N) is 6. The fourth-order valence-electron chi connectivity index (χ4n) is 22.6. The van der Waals surface area contributed by atoms with Crippen LogP contribution in [0.15, 0.2) is 510 Å². The van der Waals surface area contributed by atoms with E-state index >= 15 is 0 Å². The lowest BCUT2D eigenvalue weighted by molar-refractivity contribution is 1.18. The summed E-state index contributed by atoms with van der Waals surface area (Å²) in [4.78, 5) is 0. The topological polar surface area (TPSA) is 29.6 Å². The summed E-state index contributed by atoms with van der Waals surface area (Å²) in [5, 5.41) is 25.6. The van der Waals surface area contributed by atoms with Crippen LogP contribution in [-0.2, 0) is 0 Å². The standard InChI is InChI=1S/C48H30N2S.C48H30N2.C36H24N2/c1-2-10-31(11-3-1)32-18-22-35(23-19-32)49-43-15-7-4-12-37(43)40-28-33(20-25-45(40)49)34-21-26-46-41(29-34)38-13-5-8-16-44(38)50(46)36-24-27-48-42(30-36)39-14-6-9-17-47(39)51-48;1-2-12-33(13-3-1)49-45-20-10-8-18-40(45)43-28-31(22-26-47(43)49)32-23-27-48-44(29-32)41-19-9-11-21-46(41)50(48)34-24-25-39-37-16-5-4-14-35(37)36-15-6-7-17-38(36)42(39)30-34;1-3-11-27(12-4-1)37-33-17-9-7-15-29(33)31-23-25(19-21-35(31)37)26-20-22-36-32(24-26)30-16-8-10-18-34(30)38(36)28-13-5-2-6-14-28/h1-30H;1-30H;1-24H. The lowest BCUT2D eigenvalue weighted by Crippen LogP contribution is -1.94. The molecule has 648 valence electrons. The second kappa shape index (κ2) is 32.3. The number of thiophene rings is 1. The van der Waals surface area contributed by atoms with Crippen molar-refractivity contribution >= 4 is 195 Å². The van der Waals surface area contributed by atoms with Gasteiger partial charge in [0, 0.05) is 119 Å². The van der Waals surface area contributed by atoms with Crippen molar-refractivity contribution in [3.63, 3.8) is 0 Å².